The van der Waals surface area contributed by atoms with Gasteiger partial charge in [0.05, 0.1) is 6.10 Å². The molecule has 1 amide bonds. The molecule has 0 aromatic heterocycles. The van der Waals surface area contributed by atoms with Crippen LogP contribution in [0.2, 0.25) is 0 Å². The number of hydrogen-bond acceptors (Lipinski definition) is 2. The van der Waals surface area contributed by atoms with Crippen LogP contribution in [-0.2, 0) is 9.53 Å². The van der Waals surface area contributed by atoms with Crippen molar-refractivity contribution < 1.29 is 9.53 Å². The van der Waals surface area contributed by atoms with E-state index < -0.39 is 0 Å². The molecular formula is C10H21NO2. The predicted octanol–water partition coefficient (Wildman–Crippen LogP) is 1.57. The fourth-order valence-electron chi connectivity index (χ4n) is 1.05. The molecule has 0 radical (unpaired) electrons. The van der Waals surface area contributed by atoms with E-state index in [1.54, 1.807) is 7.11 Å². The summed E-state index contributed by atoms with van der Waals surface area (Å²) in [4.78, 5) is 11.1. The quantitative estimate of drug-likeness (QED) is 0.685. The zero-order chi connectivity index (χ0) is 10.3. The molecule has 0 fully saturated rings. The largest absolute Gasteiger partial charge is 0.381 e. The average Bonchev–Trinajstić information content (AvgIpc) is 2.12. The highest BCUT2D eigenvalue weighted by Gasteiger charge is 2.07. The van der Waals surface area contributed by atoms with Gasteiger partial charge in [0.2, 0.25) is 5.91 Å². The van der Waals surface area contributed by atoms with E-state index in [1.165, 1.54) is 0 Å². The van der Waals surface area contributed by atoms with E-state index in [9.17, 15) is 4.79 Å². The van der Waals surface area contributed by atoms with Crippen LogP contribution in [0.5, 0.6) is 0 Å². The molecule has 0 aliphatic carbocycles. The Bertz CT molecular complexity index is 142. The van der Waals surface area contributed by atoms with Gasteiger partial charge in [-0.3, -0.25) is 4.79 Å². The van der Waals surface area contributed by atoms with Crippen molar-refractivity contribution in [3.63, 3.8) is 0 Å². The smallest absolute Gasteiger partial charge is 0.222 e. The monoisotopic (exact) mass is 187 g/mol. The van der Waals surface area contributed by atoms with Crippen LogP contribution in [0.3, 0.4) is 0 Å². The minimum atomic E-state index is 0.0719. The Morgan fingerprint density at radius 1 is 1.46 bits per heavy atom. The van der Waals surface area contributed by atoms with E-state index in [2.05, 4.69) is 12.2 Å². The minimum absolute atomic E-state index is 0.0719. The fourth-order valence-corrected chi connectivity index (χ4v) is 1.05. The predicted molar refractivity (Wildman–Crippen MR) is 53.6 cm³/mol. The summed E-state index contributed by atoms with van der Waals surface area (Å²) < 4.78 is 5.19. The van der Waals surface area contributed by atoms with Crippen molar-refractivity contribution >= 4 is 5.91 Å². The van der Waals surface area contributed by atoms with Crippen molar-refractivity contribution in [1.82, 2.24) is 5.32 Å². The summed E-state index contributed by atoms with van der Waals surface area (Å²) in [5.41, 5.74) is 0. The summed E-state index contributed by atoms with van der Waals surface area (Å²) in [6.45, 7) is 6.58. The van der Waals surface area contributed by atoms with Crippen molar-refractivity contribution in [2.24, 2.45) is 5.92 Å². The SMILES string of the molecule is CCC(CCNC(=O)C(C)C)OC. The fraction of sp³-hybridized carbons (Fsp3) is 0.900. The van der Waals surface area contributed by atoms with E-state index in [1.807, 2.05) is 13.8 Å². The van der Waals surface area contributed by atoms with Gasteiger partial charge in [-0.15, -0.1) is 0 Å². The second-order valence-corrected chi connectivity index (χ2v) is 3.50. The number of rotatable bonds is 6. The first-order valence-corrected chi connectivity index (χ1v) is 4.92. The molecule has 1 atom stereocenters. The van der Waals surface area contributed by atoms with Crippen molar-refractivity contribution in [3.05, 3.63) is 0 Å². The van der Waals surface area contributed by atoms with E-state index in [0.29, 0.717) is 6.54 Å². The second-order valence-electron chi connectivity index (χ2n) is 3.50. The Balaban J connectivity index is 3.49. The molecule has 0 heterocycles. The average molecular weight is 187 g/mol. The lowest BCUT2D eigenvalue weighted by molar-refractivity contribution is -0.124. The molecule has 0 bridgehead atoms. The highest BCUT2D eigenvalue weighted by molar-refractivity contribution is 5.77. The Hall–Kier alpha value is -0.570. The highest BCUT2D eigenvalue weighted by Crippen LogP contribution is 2.00. The third kappa shape index (κ3) is 5.64. The van der Waals surface area contributed by atoms with Crippen LogP contribution in [-0.4, -0.2) is 25.7 Å². The molecule has 3 heteroatoms. The second kappa shape index (κ2) is 6.89. The normalized spacial score (nSPS) is 13.0. The lowest BCUT2D eigenvalue weighted by Crippen LogP contribution is -2.30. The first-order valence-electron chi connectivity index (χ1n) is 4.92. The summed E-state index contributed by atoms with van der Waals surface area (Å²) >= 11 is 0. The van der Waals surface area contributed by atoms with Gasteiger partial charge in [-0.1, -0.05) is 20.8 Å². The number of carbonyl (C=O) groups excluding carboxylic acids is 1. The molecule has 0 saturated carbocycles. The summed E-state index contributed by atoms with van der Waals surface area (Å²) in [5.74, 6) is 0.188. The Morgan fingerprint density at radius 2 is 2.08 bits per heavy atom. The Labute approximate surface area is 80.8 Å². The topological polar surface area (TPSA) is 38.3 Å². The van der Waals surface area contributed by atoms with E-state index >= 15 is 0 Å². The van der Waals surface area contributed by atoms with Gasteiger partial charge in [0, 0.05) is 19.6 Å². The molecule has 0 aromatic carbocycles. The number of amides is 1. The van der Waals surface area contributed by atoms with Gasteiger partial charge in [-0.05, 0) is 12.8 Å². The number of ether oxygens (including phenoxy) is 1. The molecule has 1 unspecified atom stereocenters. The van der Waals surface area contributed by atoms with Gasteiger partial charge in [-0.25, -0.2) is 0 Å². The summed E-state index contributed by atoms with van der Waals surface area (Å²) in [5, 5.41) is 2.86. The van der Waals surface area contributed by atoms with E-state index in [4.69, 9.17) is 4.74 Å². The molecule has 1 N–H and O–H groups in total. The van der Waals surface area contributed by atoms with Gasteiger partial charge < -0.3 is 10.1 Å². The van der Waals surface area contributed by atoms with Gasteiger partial charge in [-0.2, -0.15) is 0 Å². The first kappa shape index (κ1) is 12.4. The maximum absolute atomic E-state index is 11.1. The lowest BCUT2D eigenvalue weighted by Gasteiger charge is -2.13. The number of carbonyl (C=O) groups is 1. The molecule has 0 saturated heterocycles. The zero-order valence-corrected chi connectivity index (χ0v) is 9.09. The zero-order valence-electron chi connectivity index (χ0n) is 9.09. The highest BCUT2D eigenvalue weighted by atomic mass is 16.5. The van der Waals surface area contributed by atoms with Crippen molar-refractivity contribution in [2.45, 2.75) is 39.7 Å². The van der Waals surface area contributed by atoms with Gasteiger partial charge in [0.1, 0.15) is 0 Å². The van der Waals surface area contributed by atoms with E-state index in [-0.39, 0.29) is 17.9 Å². The maximum atomic E-state index is 11.1. The molecular weight excluding hydrogens is 166 g/mol. The molecule has 3 nitrogen and oxygen atoms in total. The van der Waals surface area contributed by atoms with E-state index in [0.717, 1.165) is 12.8 Å². The summed E-state index contributed by atoms with van der Waals surface area (Å²) in [6.07, 6.45) is 2.16. The first-order chi connectivity index (χ1) is 6.11. The molecule has 78 valence electrons. The summed E-state index contributed by atoms with van der Waals surface area (Å²) in [6, 6.07) is 0. The minimum Gasteiger partial charge on any atom is -0.381 e. The van der Waals surface area contributed by atoms with Crippen LogP contribution in [0.4, 0.5) is 0 Å². The third-order valence-corrected chi connectivity index (χ3v) is 2.08. The molecule has 0 aliphatic heterocycles. The number of nitrogens with one attached hydrogen (secondary N) is 1. The van der Waals surface area contributed by atoms with Gasteiger partial charge in [0.15, 0.2) is 0 Å². The summed E-state index contributed by atoms with van der Waals surface area (Å²) in [7, 11) is 1.71. The van der Waals surface area contributed by atoms with Crippen LogP contribution in [0.15, 0.2) is 0 Å². The van der Waals surface area contributed by atoms with Crippen molar-refractivity contribution in [1.29, 1.82) is 0 Å². The molecule has 0 spiro atoms. The van der Waals surface area contributed by atoms with Gasteiger partial charge in [0.25, 0.3) is 0 Å². The Morgan fingerprint density at radius 3 is 2.46 bits per heavy atom. The molecule has 0 aromatic rings. The number of hydrogen-bond donors (Lipinski definition) is 1. The standard InChI is InChI=1S/C10H21NO2/c1-5-9(13-4)6-7-11-10(12)8(2)3/h8-9H,5-7H2,1-4H3,(H,11,12). The van der Waals surface area contributed by atoms with Crippen LogP contribution in [0, 0.1) is 5.92 Å². The Kier molecular flexibility index (Phi) is 6.59. The van der Waals surface area contributed by atoms with Crippen LogP contribution >= 0.6 is 0 Å². The molecule has 13 heavy (non-hydrogen) atoms. The van der Waals surface area contributed by atoms with Crippen molar-refractivity contribution in [2.75, 3.05) is 13.7 Å². The molecule has 0 aliphatic rings. The molecule has 0 rings (SSSR count). The van der Waals surface area contributed by atoms with Crippen molar-refractivity contribution in [3.8, 4) is 0 Å². The van der Waals surface area contributed by atoms with Gasteiger partial charge >= 0.3 is 0 Å². The van der Waals surface area contributed by atoms with Crippen LogP contribution in [0.1, 0.15) is 33.6 Å². The maximum Gasteiger partial charge on any atom is 0.222 e. The van der Waals surface area contributed by atoms with Crippen LogP contribution < -0.4 is 5.32 Å². The number of methoxy groups -OCH3 is 1. The lowest BCUT2D eigenvalue weighted by atomic mass is 10.2. The third-order valence-electron chi connectivity index (χ3n) is 2.08. The van der Waals surface area contributed by atoms with Crippen LogP contribution in [0.25, 0.3) is 0 Å².